The third-order valence-corrected chi connectivity index (χ3v) is 5.18. The fraction of sp³-hybridized carbons (Fsp3) is 0.522. The number of aliphatic carboxylic acids is 1. The Morgan fingerprint density at radius 2 is 1.84 bits per heavy atom. The third kappa shape index (κ3) is 5.99. The highest BCUT2D eigenvalue weighted by Gasteiger charge is 2.44. The number of hydrogen-bond donors (Lipinski definition) is 3. The molecular formula is C23H32N4O4. The molecule has 8 heteroatoms. The second-order valence-corrected chi connectivity index (χ2v) is 9.17. The van der Waals surface area contributed by atoms with Gasteiger partial charge in [-0.05, 0) is 48.8 Å². The molecule has 1 fully saturated rings. The van der Waals surface area contributed by atoms with E-state index in [1.165, 1.54) is 0 Å². The minimum absolute atomic E-state index is 0.0178. The van der Waals surface area contributed by atoms with Gasteiger partial charge in [0.1, 0.15) is 0 Å². The van der Waals surface area contributed by atoms with Gasteiger partial charge >= 0.3 is 12.0 Å². The van der Waals surface area contributed by atoms with Crippen molar-refractivity contribution in [3.63, 3.8) is 0 Å². The van der Waals surface area contributed by atoms with Crippen molar-refractivity contribution in [3.05, 3.63) is 35.5 Å². The molecule has 0 unspecified atom stereocenters. The molecule has 2 amide bonds. The Labute approximate surface area is 183 Å². The van der Waals surface area contributed by atoms with Gasteiger partial charge in [0.15, 0.2) is 0 Å². The molecule has 1 aliphatic rings. The number of carbonyl (C=O) groups excluding carboxylic acids is 1. The van der Waals surface area contributed by atoms with Crippen LogP contribution < -0.4 is 15.5 Å². The second-order valence-electron chi connectivity index (χ2n) is 9.17. The molecule has 1 aromatic carbocycles. The molecule has 0 aliphatic heterocycles. The fourth-order valence-corrected chi connectivity index (χ4v) is 3.84. The van der Waals surface area contributed by atoms with E-state index in [0.717, 1.165) is 24.3 Å². The van der Waals surface area contributed by atoms with Gasteiger partial charge < -0.3 is 19.8 Å². The molecule has 2 aromatic rings. The highest BCUT2D eigenvalue weighted by atomic mass is 16.5. The number of carboxylic acid groups (broad SMARTS) is 1. The van der Waals surface area contributed by atoms with Gasteiger partial charge in [0.05, 0.1) is 23.0 Å². The monoisotopic (exact) mass is 428 g/mol. The average molecular weight is 429 g/mol. The lowest BCUT2D eigenvalue weighted by atomic mass is 10.0. The SMILES string of the molecule is Cc1cc(NC(=O)Nc2cc([C@@H]3C[C@@H]3C(=O)O)ccc2N(CC(C)C)CC(C)C)on1. The first-order valence-electron chi connectivity index (χ1n) is 10.8. The van der Waals surface area contributed by atoms with Crippen LogP contribution in [0.5, 0.6) is 0 Å². The van der Waals surface area contributed by atoms with Gasteiger partial charge in [-0.15, -0.1) is 0 Å². The number of nitrogens with one attached hydrogen (secondary N) is 2. The third-order valence-electron chi connectivity index (χ3n) is 5.18. The van der Waals surface area contributed by atoms with Gasteiger partial charge in [-0.1, -0.05) is 38.9 Å². The van der Waals surface area contributed by atoms with Crippen molar-refractivity contribution in [2.45, 2.75) is 47.0 Å². The van der Waals surface area contributed by atoms with Gasteiger partial charge in [0.2, 0.25) is 5.88 Å². The number of aromatic nitrogens is 1. The van der Waals surface area contributed by atoms with Gasteiger partial charge in [0, 0.05) is 19.2 Å². The zero-order valence-corrected chi connectivity index (χ0v) is 18.8. The quantitative estimate of drug-likeness (QED) is 0.522. The zero-order chi connectivity index (χ0) is 22.7. The molecule has 0 radical (unpaired) electrons. The number of carboxylic acids is 1. The number of hydrogen-bond acceptors (Lipinski definition) is 5. The number of carbonyl (C=O) groups is 2. The van der Waals surface area contributed by atoms with Crippen LogP contribution in [0.1, 0.15) is 51.3 Å². The topological polar surface area (TPSA) is 108 Å². The smallest absolute Gasteiger partial charge is 0.326 e. The summed E-state index contributed by atoms with van der Waals surface area (Å²) in [7, 11) is 0. The van der Waals surface area contributed by atoms with Gasteiger partial charge in [-0.3, -0.25) is 10.1 Å². The fourth-order valence-electron chi connectivity index (χ4n) is 3.84. The summed E-state index contributed by atoms with van der Waals surface area (Å²) in [5, 5.41) is 18.7. The highest BCUT2D eigenvalue weighted by Crippen LogP contribution is 2.49. The molecule has 8 nitrogen and oxygen atoms in total. The number of rotatable bonds is 9. The minimum Gasteiger partial charge on any atom is -0.481 e. The molecule has 0 bridgehead atoms. The average Bonchev–Trinajstić information content (AvgIpc) is 3.37. The van der Waals surface area contributed by atoms with E-state index in [1.54, 1.807) is 13.0 Å². The van der Waals surface area contributed by atoms with Crippen LogP contribution in [0, 0.1) is 24.7 Å². The van der Waals surface area contributed by atoms with Crippen LogP contribution in [0.4, 0.5) is 22.1 Å². The van der Waals surface area contributed by atoms with Crippen molar-refractivity contribution < 1.29 is 19.2 Å². The van der Waals surface area contributed by atoms with E-state index in [2.05, 4.69) is 48.4 Å². The van der Waals surface area contributed by atoms with Crippen LogP contribution in [-0.4, -0.2) is 35.4 Å². The van der Waals surface area contributed by atoms with Crippen LogP contribution in [-0.2, 0) is 4.79 Å². The largest absolute Gasteiger partial charge is 0.481 e. The Morgan fingerprint density at radius 3 is 2.35 bits per heavy atom. The molecule has 1 aromatic heterocycles. The van der Waals surface area contributed by atoms with Crippen molar-refractivity contribution in [2.24, 2.45) is 17.8 Å². The normalized spacial score (nSPS) is 17.6. The number of anilines is 3. The van der Waals surface area contributed by atoms with E-state index < -0.39 is 12.0 Å². The molecule has 1 aliphatic carbocycles. The van der Waals surface area contributed by atoms with Crippen molar-refractivity contribution in [2.75, 3.05) is 28.6 Å². The highest BCUT2D eigenvalue weighted by molar-refractivity contribution is 6.01. The van der Waals surface area contributed by atoms with E-state index in [0.29, 0.717) is 29.6 Å². The van der Waals surface area contributed by atoms with Crippen molar-refractivity contribution in [1.29, 1.82) is 0 Å². The maximum absolute atomic E-state index is 12.7. The molecule has 3 rings (SSSR count). The molecule has 3 N–H and O–H groups in total. The minimum atomic E-state index is -0.775. The molecule has 31 heavy (non-hydrogen) atoms. The van der Waals surface area contributed by atoms with Crippen LogP contribution in [0.15, 0.2) is 28.8 Å². The predicted molar refractivity (Wildman–Crippen MR) is 121 cm³/mol. The Morgan fingerprint density at radius 1 is 1.16 bits per heavy atom. The first-order chi connectivity index (χ1) is 14.6. The van der Waals surface area contributed by atoms with Crippen molar-refractivity contribution >= 4 is 29.3 Å². The Kier molecular flexibility index (Phi) is 6.87. The summed E-state index contributed by atoms with van der Waals surface area (Å²) >= 11 is 0. The van der Waals surface area contributed by atoms with Crippen LogP contribution in [0.2, 0.25) is 0 Å². The summed E-state index contributed by atoms with van der Waals surface area (Å²) in [4.78, 5) is 26.3. The van der Waals surface area contributed by atoms with E-state index in [4.69, 9.17) is 4.52 Å². The lowest BCUT2D eigenvalue weighted by Crippen LogP contribution is -2.32. The lowest BCUT2D eigenvalue weighted by molar-refractivity contribution is -0.138. The van der Waals surface area contributed by atoms with Crippen LogP contribution >= 0.6 is 0 Å². The van der Waals surface area contributed by atoms with Gasteiger partial charge in [0.25, 0.3) is 0 Å². The molecule has 0 saturated heterocycles. The lowest BCUT2D eigenvalue weighted by Gasteiger charge is -2.30. The molecular weight excluding hydrogens is 396 g/mol. The maximum Gasteiger partial charge on any atom is 0.326 e. The predicted octanol–water partition coefficient (Wildman–Crippen LogP) is 4.93. The molecule has 168 valence electrons. The van der Waals surface area contributed by atoms with Crippen LogP contribution in [0.25, 0.3) is 0 Å². The standard InChI is InChI=1S/C23H32N4O4/c1-13(2)11-27(12-14(3)4)20-7-6-16(17-10-18(17)22(28)29)9-19(20)24-23(30)25-21-8-15(5)26-31-21/h6-9,13-14,17-18H,10-12H2,1-5H3,(H,28,29)(H2,24,25,30)/t17-,18-/m0/s1. The van der Waals surface area contributed by atoms with Crippen molar-refractivity contribution in [1.82, 2.24) is 5.16 Å². The van der Waals surface area contributed by atoms with Gasteiger partial charge in [-0.25, -0.2) is 4.79 Å². The zero-order valence-electron chi connectivity index (χ0n) is 18.8. The number of benzene rings is 1. The number of aryl methyl sites for hydroxylation is 1. The molecule has 2 atom stereocenters. The summed E-state index contributed by atoms with van der Waals surface area (Å²) in [5.74, 6) is 0.00219. The van der Waals surface area contributed by atoms with E-state index in [9.17, 15) is 14.7 Å². The summed E-state index contributed by atoms with van der Waals surface area (Å²) in [5.41, 5.74) is 3.17. The summed E-state index contributed by atoms with van der Waals surface area (Å²) in [6.45, 7) is 12.1. The van der Waals surface area contributed by atoms with E-state index >= 15 is 0 Å². The molecule has 1 saturated carbocycles. The summed E-state index contributed by atoms with van der Waals surface area (Å²) in [6.07, 6.45) is 0.624. The first-order valence-corrected chi connectivity index (χ1v) is 10.8. The number of urea groups is 1. The molecule has 1 heterocycles. The summed E-state index contributed by atoms with van der Waals surface area (Å²) < 4.78 is 5.07. The second kappa shape index (κ2) is 9.41. The molecule has 0 spiro atoms. The van der Waals surface area contributed by atoms with E-state index in [1.807, 2.05) is 18.2 Å². The first kappa shape index (κ1) is 22.7. The number of nitrogens with zero attached hydrogens (tertiary/aromatic N) is 2. The van der Waals surface area contributed by atoms with Gasteiger partial charge in [-0.2, -0.15) is 0 Å². The van der Waals surface area contributed by atoms with Crippen LogP contribution in [0.3, 0.4) is 0 Å². The summed E-state index contributed by atoms with van der Waals surface area (Å²) in [6, 6.07) is 7.09. The maximum atomic E-state index is 12.7. The Balaban J connectivity index is 1.89. The number of amides is 2. The Hall–Kier alpha value is -3.03. The van der Waals surface area contributed by atoms with Crippen molar-refractivity contribution in [3.8, 4) is 0 Å². The van der Waals surface area contributed by atoms with E-state index in [-0.39, 0.29) is 17.7 Å². The Bertz CT molecular complexity index is 927.